The molecule has 0 saturated heterocycles. The van der Waals surface area contributed by atoms with Gasteiger partial charge in [0.2, 0.25) is 0 Å². The maximum absolute atomic E-state index is 4.32. The molecule has 0 bridgehead atoms. The summed E-state index contributed by atoms with van der Waals surface area (Å²) in [5.41, 5.74) is 1.17. The number of rotatable bonds is 4. The molecule has 5 heteroatoms. The van der Waals surface area contributed by atoms with Crippen LogP contribution in [0.2, 0.25) is 0 Å². The Morgan fingerprint density at radius 1 is 1.56 bits per heavy atom. The standard InChI is InChI=1S/C11H15BrN4/c1-5-15-16(13-4)11-10(12)6-9(7-14-11)8(2)3/h5-8H,4H2,1-3H3/b15-5-. The van der Waals surface area contributed by atoms with Crippen molar-refractivity contribution in [3.05, 3.63) is 22.3 Å². The summed E-state index contributed by atoms with van der Waals surface area (Å²) >= 11 is 3.46. The van der Waals surface area contributed by atoms with E-state index in [0.29, 0.717) is 11.7 Å². The predicted octanol–water partition coefficient (Wildman–Crippen LogP) is 3.40. The molecule has 1 heterocycles. The normalized spacial score (nSPS) is 11.1. The van der Waals surface area contributed by atoms with Crippen molar-refractivity contribution in [2.24, 2.45) is 10.2 Å². The predicted molar refractivity (Wildman–Crippen MR) is 72.2 cm³/mol. The monoisotopic (exact) mass is 282 g/mol. The van der Waals surface area contributed by atoms with Gasteiger partial charge in [-0.25, -0.2) is 4.98 Å². The Morgan fingerprint density at radius 2 is 2.25 bits per heavy atom. The lowest BCUT2D eigenvalue weighted by Gasteiger charge is -2.14. The Kier molecular flexibility index (Phi) is 4.61. The van der Waals surface area contributed by atoms with Crippen molar-refractivity contribution >= 4 is 34.7 Å². The highest BCUT2D eigenvalue weighted by atomic mass is 79.9. The number of nitrogens with zero attached hydrogens (tertiary/aromatic N) is 4. The number of hydrogen-bond donors (Lipinski definition) is 0. The Bertz CT molecular complexity index is 401. The first kappa shape index (κ1) is 12.8. The van der Waals surface area contributed by atoms with Crippen molar-refractivity contribution in [2.75, 3.05) is 5.12 Å². The van der Waals surface area contributed by atoms with Crippen molar-refractivity contribution in [2.45, 2.75) is 26.7 Å². The molecule has 1 aromatic rings. The molecule has 1 rings (SSSR count). The molecule has 0 aliphatic heterocycles. The topological polar surface area (TPSA) is 40.9 Å². The molecule has 0 atom stereocenters. The fraction of sp³-hybridized carbons (Fsp3) is 0.364. The third-order valence-electron chi connectivity index (χ3n) is 2.06. The number of anilines is 1. The number of pyridine rings is 1. The summed E-state index contributed by atoms with van der Waals surface area (Å²) in [5.74, 6) is 1.08. The van der Waals surface area contributed by atoms with Gasteiger partial charge in [-0.1, -0.05) is 13.8 Å². The van der Waals surface area contributed by atoms with E-state index in [1.165, 1.54) is 10.7 Å². The average molecular weight is 283 g/mol. The Hall–Kier alpha value is -1.23. The van der Waals surface area contributed by atoms with Gasteiger partial charge in [0.25, 0.3) is 0 Å². The van der Waals surface area contributed by atoms with Crippen molar-refractivity contribution in [1.82, 2.24) is 4.98 Å². The molecule has 0 N–H and O–H groups in total. The third-order valence-corrected chi connectivity index (χ3v) is 2.64. The highest BCUT2D eigenvalue weighted by molar-refractivity contribution is 9.10. The second-order valence-corrected chi connectivity index (χ2v) is 4.39. The van der Waals surface area contributed by atoms with Gasteiger partial charge in [0, 0.05) is 19.1 Å². The number of hydrogen-bond acceptors (Lipinski definition) is 4. The zero-order valence-corrected chi connectivity index (χ0v) is 11.3. The van der Waals surface area contributed by atoms with Gasteiger partial charge in [0.1, 0.15) is 0 Å². The van der Waals surface area contributed by atoms with Crippen LogP contribution >= 0.6 is 15.9 Å². The highest BCUT2D eigenvalue weighted by Crippen LogP contribution is 2.27. The third kappa shape index (κ3) is 2.88. The minimum atomic E-state index is 0.442. The van der Waals surface area contributed by atoms with Gasteiger partial charge in [-0.15, -0.1) is 5.12 Å². The van der Waals surface area contributed by atoms with Crippen molar-refractivity contribution < 1.29 is 0 Å². The molecular formula is C11H15BrN4. The highest BCUT2D eigenvalue weighted by Gasteiger charge is 2.10. The van der Waals surface area contributed by atoms with E-state index < -0.39 is 0 Å². The fourth-order valence-corrected chi connectivity index (χ4v) is 1.70. The maximum Gasteiger partial charge on any atom is 0.188 e. The minimum absolute atomic E-state index is 0.442. The van der Waals surface area contributed by atoms with Gasteiger partial charge in [-0.2, -0.15) is 10.2 Å². The van der Waals surface area contributed by atoms with Crippen molar-refractivity contribution in [3.8, 4) is 0 Å². The van der Waals surface area contributed by atoms with Crippen LogP contribution in [0.15, 0.2) is 26.9 Å². The molecule has 0 aromatic carbocycles. The summed E-state index contributed by atoms with van der Waals surface area (Å²) in [7, 11) is 0. The molecule has 0 aliphatic rings. The SMILES string of the molecule is C=NN(/N=C\C)c1ncc(C(C)C)cc1Br. The quantitative estimate of drug-likeness (QED) is 0.627. The van der Waals surface area contributed by atoms with Crippen LogP contribution in [0, 0.1) is 0 Å². The Balaban J connectivity index is 3.11. The summed E-state index contributed by atoms with van der Waals surface area (Å²) < 4.78 is 0.858. The van der Waals surface area contributed by atoms with E-state index in [4.69, 9.17) is 0 Å². The van der Waals surface area contributed by atoms with E-state index in [-0.39, 0.29) is 0 Å². The largest absolute Gasteiger partial charge is 0.234 e. The second-order valence-electron chi connectivity index (χ2n) is 3.53. The van der Waals surface area contributed by atoms with E-state index in [1.54, 1.807) is 6.21 Å². The van der Waals surface area contributed by atoms with Gasteiger partial charge < -0.3 is 0 Å². The van der Waals surface area contributed by atoms with Crippen molar-refractivity contribution in [3.63, 3.8) is 0 Å². The first-order chi connectivity index (χ1) is 7.60. The summed E-state index contributed by atoms with van der Waals surface area (Å²) in [6, 6.07) is 2.02. The van der Waals surface area contributed by atoms with Crippen LogP contribution < -0.4 is 5.12 Å². The molecular weight excluding hydrogens is 268 g/mol. The molecule has 1 aromatic heterocycles. The van der Waals surface area contributed by atoms with Gasteiger partial charge in [-0.3, -0.25) is 0 Å². The molecule has 0 aliphatic carbocycles. The van der Waals surface area contributed by atoms with E-state index in [1.807, 2.05) is 19.2 Å². The smallest absolute Gasteiger partial charge is 0.188 e. The number of aromatic nitrogens is 1. The molecule has 0 radical (unpaired) electrons. The molecule has 0 amide bonds. The molecule has 16 heavy (non-hydrogen) atoms. The van der Waals surface area contributed by atoms with Crippen LogP contribution in [0.1, 0.15) is 32.3 Å². The summed E-state index contributed by atoms with van der Waals surface area (Å²) in [6.07, 6.45) is 3.47. The number of hydrazone groups is 2. The summed E-state index contributed by atoms with van der Waals surface area (Å²) in [6.45, 7) is 9.51. The Labute approximate surface area is 104 Å². The lowest BCUT2D eigenvalue weighted by molar-refractivity contribution is 0.844. The zero-order chi connectivity index (χ0) is 12.1. The van der Waals surface area contributed by atoms with Crippen LogP contribution in [-0.4, -0.2) is 17.9 Å². The molecule has 0 unspecified atom stereocenters. The average Bonchev–Trinajstić information content (AvgIpc) is 2.26. The van der Waals surface area contributed by atoms with Gasteiger partial charge in [-0.05, 0) is 40.4 Å². The summed E-state index contributed by atoms with van der Waals surface area (Å²) in [4.78, 5) is 4.32. The molecule has 4 nitrogen and oxygen atoms in total. The number of halogens is 1. The van der Waals surface area contributed by atoms with E-state index in [0.717, 1.165) is 4.47 Å². The first-order valence-corrected chi connectivity index (χ1v) is 5.80. The van der Waals surface area contributed by atoms with Crippen LogP contribution in [0.4, 0.5) is 5.82 Å². The maximum atomic E-state index is 4.32. The zero-order valence-electron chi connectivity index (χ0n) is 9.68. The van der Waals surface area contributed by atoms with Crippen LogP contribution in [0.25, 0.3) is 0 Å². The fourth-order valence-electron chi connectivity index (χ4n) is 1.18. The van der Waals surface area contributed by atoms with Crippen LogP contribution in [-0.2, 0) is 0 Å². The van der Waals surface area contributed by atoms with Gasteiger partial charge in [0.15, 0.2) is 5.82 Å². The lowest BCUT2D eigenvalue weighted by atomic mass is 10.1. The van der Waals surface area contributed by atoms with Crippen LogP contribution in [0.3, 0.4) is 0 Å². The molecule has 86 valence electrons. The molecule has 0 spiro atoms. The van der Waals surface area contributed by atoms with E-state index in [2.05, 4.69) is 51.7 Å². The van der Waals surface area contributed by atoms with Gasteiger partial charge in [0.05, 0.1) is 4.47 Å². The first-order valence-electron chi connectivity index (χ1n) is 5.01. The van der Waals surface area contributed by atoms with Crippen LogP contribution in [0.5, 0.6) is 0 Å². The van der Waals surface area contributed by atoms with Gasteiger partial charge >= 0.3 is 0 Å². The summed E-state index contributed by atoms with van der Waals surface area (Å²) in [5, 5.41) is 9.19. The van der Waals surface area contributed by atoms with E-state index >= 15 is 0 Å². The lowest BCUT2D eigenvalue weighted by Crippen LogP contribution is -2.10. The van der Waals surface area contributed by atoms with Crippen molar-refractivity contribution in [1.29, 1.82) is 0 Å². The minimum Gasteiger partial charge on any atom is -0.234 e. The molecule has 0 fully saturated rings. The van der Waals surface area contributed by atoms with E-state index in [9.17, 15) is 0 Å². The molecule has 0 saturated carbocycles. The Morgan fingerprint density at radius 3 is 2.69 bits per heavy atom. The second kappa shape index (κ2) is 5.75.